The van der Waals surface area contributed by atoms with E-state index >= 15 is 0 Å². The molecule has 1 saturated heterocycles. The number of hydrazine groups is 1. The average Bonchev–Trinajstić information content (AvgIpc) is 1.78. The molecule has 5 nitrogen and oxygen atoms in total. The van der Waals surface area contributed by atoms with Crippen LogP contribution < -0.4 is 11.3 Å². The molecule has 0 unspecified atom stereocenters. The maximum absolute atomic E-state index is 10.3. The molecule has 1 aliphatic heterocycles. The van der Waals surface area contributed by atoms with Gasteiger partial charge in [0.1, 0.15) is 0 Å². The van der Waals surface area contributed by atoms with E-state index in [1.807, 2.05) is 5.43 Å². The van der Waals surface area contributed by atoms with E-state index in [1.54, 1.807) is 0 Å². The molecule has 1 heterocycles. The van der Waals surface area contributed by atoms with Crippen LogP contribution in [0.4, 0.5) is 4.79 Å². The van der Waals surface area contributed by atoms with Crippen LogP contribution in [0.3, 0.4) is 0 Å². The minimum absolute atomic E-state index is 0.103. The van der Waals surface area contributed by atoms with Crippen LogP contribution in [0.15, 0.2) is 0 Å². The molecule has 1 fully saturated rings. The number of amides is 1. The molecular weight excluding hydrogens is 124 g/mol. The normalized spacial score (nSPS) is 18.3. The Hall–Kier alpha value is -0.810. The van der Waals surface area contributed by atoms with E-state index in [9.17, 15) is 4.79 Å². The van der Waals surface area contributed by atoms with Gasteiger partial charge in [-0.2, -0.15) is 0 Å². The van der Waals surface area contributed by atoms with Gasteiger partial charge in [-0.1, -0.05) is 0 Å². The molecule has 1 amide bonds. The molecule has 0 aromatic rings. The number of ether oxygens (including phenoxy) is 2. The Balaban J connectivity index is 2.09. The Kier molecular flexibility index (Phi) is 1.86. The van der Waals surface area contributed by atoms with Crippen LogP contribution in [-0.2, 0) is 9.47 Å². The smallest absolute Gasteiger partial charge is 0.421 e. The topological polar surface area (TPSA) is 73.6 Å². The molecule has 0 bridgehead atoms. The summed E-state index contributed by atoms with van der Waals surface area (Å²) in [6, 6.07) is 0. The number of hydrogen-bond acceptors (Lipinski definition) is 4. The fourth-order valence-electron chi connectivity index (χ4n) is 0.468. The second-order valence-corrected chi connectivity index (χ2v) is 1.71. The Bertz CT molecular complexity index is 112. The number of hydrogen-bond donors (Lipinski definition) is 2. The Morgan fingerprint density at radius 2 is 2.44 bits per heavy atom. The summed E-state index contributed by atoms with van der Waals surface area (Å²) in [5, 5.41) is 0. The first kappa shape index (κ1) is 6.31. The monoisotopic (exact) mass is 132 g/mol. The molecular formula is C4H8N2O3. The van der Waals surface area contributed by atoms with Gasteiger partial charge in [-0.25, -0.2) is 10.6 Å². The molecule has 3 N–H and O–H groups in total. The van der Waals surface area contributed by atoms with E-state index < -0.39 is 6.09 Å². The van der Waals surface area contributed by atoms with E-state index in [2.05, 4.69) is 4.74 Å². The van der Waals surface area contributed by atoms with Gasteiger partial charge in [0.15, 0.2) is 6.10 Å². The molecule has 0 aromatic heterocycles. The molecule has 5 heteroatoms. The van der Waals surface area contributed by atoms with Crippen molar-refractivity contribution in [3.63, 3.8) is 0 Å². The number of nitrogens with one attached hydrogen (secondary N) is 1. The van der Waals surface area contributed by atoms with Crippen LogP contribution in [0.25, 0.3) is 0 Å². The average molecular weight is 132 g/mol. The quantitative estimate of drug-likeness (QED) is 0.272. The van der Waals surface area contributed by atoms with Crippen molar-refractivity contribution in [3.8, 4) is 0 Å². The SMILES string of the molecule is NNC(=O)OC1COC1. The molecule has 0 aliphatic carbocycles. The van der Waals surface area contributed by atoms with Crippen LogP contribution in [0, 0.1) is 0 Å². The van der Waals surface area contributed by atoms with Gasteiger partial charge in [-0.05, 0) is 0 Å². The summed E-state index contributed by atoms with van der Waals surface area (Å²) >= 11 is 0. The summed E-state index contributed by atoms with van der Waals surface area (Å²) in [7, 11) is 0. The lowest BCUT2D eigenvalue weighted by Crippen LogP contribution is -2.42. The highest BCUT2D eigenvalue weighted by molar-refractivity contribution is 5.66. The summed E-state index contributed by atoms with van der Waals surface area (Å²) in [5.74, 6) is 4.73. The predicted molar refractivity (Wildman–Crippen MR) is 28.4 cm³/mol. The van der Waals surface area contributed by atoms with Gasteiger partial charge in [0.25, 0.3) is 0 Å². The third-order valence-electron chi connectivity index (χ3n) is 0.999. The second kappa shape index (κ2) is 2.65. The lowest BCUT2D eigenvalue weighted by molar-refractivity contribution is -0.0979. The van der Waals surface area contributed by atoms with Crippen LogP contribution in [0.5, 0.6) is 0 Å². The van der Waals surface area contributed by atoms with Gasteiger partial charge < -0.3 is 9.47 Å². The molecule has 0 aromatic carbocycles. The molecule has 0 atom stereocenters. The first-order chi connectivity index (χ1) is 4.33. The maximum Gasteiger partial charge on any atom is 0.421 e. The van der Waals surface area contributed by atoms with Crippen molar-refractivity contribution in [1.82, 2.24) is 5.43 Å². The molecule has 0 saturated carbocycles. The van der Waals surface area contributed by atoms with E-state index in [0.29, 0.717) is 13.2 Å². The third kappa shape index (κ3) is 1.55. The highest BCUT2D eigenvalue weighted by Gasteiger charge is 2.21. The lowest BCUT2D eigenvalue weighted by Gasteiger charge is -2.24. The van der Waals surface area contributed by atoms with E-state index in [1.165, 1.54) is 0 Å². The van der Waals surface area contributed by atoms with Gasteiger partial charge in [-0.3, -0.25) is 5.43 Å². The molecule has 52 valence electrons. The van der Waals surface area contributed by atoms with Crippen molar-refractivity contribution in [2.24, 2.45) is 5.84 Å². The summed E-state index contributed by atoms with van der Waals surface area (Å²) in [4.78, 5) is 10.3. The van der Waals surface area contributed by atoms with Crippen LogP contribution in [0.1, 0.15) is 0 Å². The first-order valence-electron chi connectivity index (χ1n) is 2.58. The van der Waals surface area contributed by atoms with Crippen molar-refractivity contribution in [2.45, 2.75) is 6.10 Å². The molecule has 0 spiro atoms. The molecule has 1 aliphatic rings. The highest BCUT2D eigenvalue weighted by atomic mass is 16.6. The molecule has 0 radical (unpaired) electrons. The number of carbonyl (C=O) groups is 1. The zero-order chi connectivity index (χ0) is 6.69. The highest BCUT2D eigenvalue weighted by Crippen LogP contribution is 2.04. The standard InChI is InChI=1S/C4H8N2O3/c5-6-4(7)9-3-1-8-2-3/h3H,1-2,5H2,(H,6,7). The van der Waals surface area contributed by atoms with Crippen molar-refractivity contribution < 1.29 is 14.3 Å². The maximum atomic E-state index is 10.3. The van der Waals surface area contributed by atoms with Crippen LogP contribution in [0.2, 0.25) is 0 Å². The van der Waals surface area contributed by atoms with Crippen molar-refractivity contribution in [1.29, 1.82) is 0 Å². The fourth-order valence-corrected chi connectivity index (χ4v) is 0.468. The van der Waals surface area contributed by atoms with Gasteiger partial charge in [0, 0.05) is 0 Å². The minimum atomic E-state index is -0.608. The van der Waals surface area contributed by atoms with Gasteiger partial charge in [0.05, 0.1) is 13.2 Å². The van der Waals surface area contributed by atoms with Crippen LogP contribution >= 0.6 is 0 Å². The van der Waals surface area contributed by atoms with Gasteiger partial charge >= 0.3 is 6.09 Å². The third-order valence-corrected chi connectivity index (χ3v) is 0.999. The second-order valence-electron chi connectivity index (χ2n) is 1.71. The summed E-state index contributed by atoms with van der Waals surface area (Å²) in [6.07, 6.45) is -0.711. The number of rotatable bonds is 1. The Morgan fingerprint density at radius 3 is 2.78 bits per heavy atom. The fraction of sp³-hybridized carbons (Fsp3) is 0.750. The van der Waals surface area contributed by atoms with E-state index in [0.717, 1.165) is 0 Å². The Labute approximate surface area is 52.1 Å². The predicted octanol–water partition coefficient (Wildman–Crippen LogP) is -1.01. The minimum Gasteiger partial charge on any atom is -0.440 e. The first-order valence-corrected chi connectivity index (χ1v) is 2.58. The largest absolute Gasteiger partial charge is 0.440 e. The Morgan fingerprint density at radius 1 is 1.78 bits per heavy atom. The molecule has 1 rings (SSSR count). The molecule has 9 heavy (non-hydrogen) atoms. The zero-order valence-electron chi connectivity index (χ0n) is 4.79. The number of nitrogens with two attached hydrogens (primary N) is 1. The van der Waals surface area contributed by atoms with Gasteiger partial charge in [-0.15, -0.1) is 0 Å². The summed E-state index contributed by atoms with van der Waals surface area (Å²) < 4.78 is 9.37. The summed E-state index contributed by atoms with van der Waals surface area (Å²) in [5.41, 5.74) is 1.85. The van der Waals surface area contributed by atoms with Crippen molar-refractivity contribution in [3.05, 3.63) is 0 Å². The van der Waals surface area contributed by atoms with Crippen molar-refractivity contribution in [2.75, 3.05) is 13.2 Å². The number of carbonyl (C=O) groups excluding carboxylic acids is 1. The lowest BCUT2D eigenvalue weighted by atomic mass is 10.3. The van der Waals surface area contributed by atoms with E-state index in [-0.39, 0.29) is 6.10 Å². The van der Waals surface area contributed by atoms with Crippen LogP contribution in [-0.4, -0.2) is 25.4 Å². The summed E-state index contributed by atoms with van der Waals surface area (Å²) in [6.45, 7) is 0.959. The van der Waals surface area contributed by atoms with E-state index in [4.69, 9.17) is 10.6 Å². The van der Waals surface area contributed by atoms with Gasteiger partial charge in [0.2, 0.25) is 0 Å². The van der Waals surface area contributed by atoms with Crippen molar-refractivity contribution >= 4 is 6.09 Å². The zero-order valence-corrected chi connectivity index (χ0v) is 4.79.